The van der Waals surface area contributed by atoms with Crippen molar-refractivity contribution in [3.63, 3.8) is 0 Å². The summed E-state index contributed by atoms with van der Waals surface area (Å²) in [7, 11) is 0. The van der Waals surface area contributed by atoms with Gasteiger partial charge in [0.25, 0.3) is 5.91 Å². The predicted octanol–water partition coefficient (Wildman–Crippen LogP) is 3.14. The number of nitrogens with one attached hydrogen (secondary N) is 2. The van der Waals surface area contributed by atoms with E-state index < -0.39 is 0 Å². The second kappa shape index (κ2) is 8.60. The average Bonchev–Trinajstić information content (AvgIpc) is 2.76. The number of rotatable bonds is 6. The molecule has 5 nitrogen and oxygen atoms in total. The fourth-order valence-corrected chi connectivity index (χ4v) is 2.66. The number of carbonyl (C=O) groups is 1. The van der Waals surface area contributed by atoms with Crippen LogP contribution in [0.4, 0.5) is 5.82 Å². The van der Waals surface area contributed by atoms with Crippen molar-refractivity contribution in [2.75, 3.05) is 11.9 Å². The van der Waals surface area contributed by atoms with Crippen LogP contribution in [0.15, 0.2) is 12.4 Å². The number of carbonyl (C=O) groups excluding carboxylic acids is 1. The van der Waals surface area contributed by atoms with Crippen molar-refractivity contribution in [1.82, 2.24) is 15.3 Å². The number of hydrogen-bond acceptors (Lipinski definition) is 4. The monoisotopic (exact) mass is 290 g/mol. The predicted molar refractivity (Wildman–Crippen MR) is 84.4 cm³/mol. The molecule has 0 radical (unpaired) electrons. The number of amides is 1. The molecule has 1 heterocycles. The van der Waals surface area contributed by atoms with Gasteiger partial charge >= 0.3 is 0 Å². The molecule has 1 fully saturated rings. The summed E-state index contributed by atoms with van der Waals surface area (Å²) in [5.41, 5.74) is 0.442. The lowest BCUT2D eigenvalue weighted by Crippen LogP contribution is -2.26. The van der Waals surface area contributed by atoms with Crippen molar-refractivity contribution < 1.29 is 4.79 Å². The minimum Gasteiger partial charge on any atom is -0.367 e. The molecule has 116 valence electrons. The first kappa shape index (κ1) is 15.7. The van der Waals surface area contributed by atoms with Gasteiger partial charge in [-0.1, -0.05) is 39.0 Å². The molecular weight excluding hydrogens is 264 g/mol. The van der Waals surface area contributed by atoms with E-state index in [4.69, 9.17) is 0 Å². The summed E-state index contributed by atoms with van der Waals surface area (Å²) in [6.45, 7) is 2.80. The summed E-state index contributed by atoms with van der Waals surface area (Å²) >= 11 is 0. The Kier molecular flexibility index (Phi) is 6.44. The standard InChI is InChI=1S/C16H26N4O/c1-2-3-10-17-16(21)14-11-15(19-12-18-14)20-13-8-6-4-5-7-9-13/h11-13H,2-10H2,1H3,(H,17,21)(H,18,19,20). The van der Waals surface area contributed by atoms with Crippen LogP contribution in [0.3, 0.4) is 0 Å². The van der Waals surface area contributed by atoms with Crippen LogP contribution >= 0.6 is 0 Å². The maximum Gasteiger partial charge on any atom is 0.270 e. The minimum absolute atomic E-state index is 0.116. The molecule has 21 heavy (non-hydrogen) atoms. The maximum atomic E-state index is 12.0. The lowest BCUT2D eigenvalue weighted by molar-refractivity contribution is 0.0948. The van der Waals surface area contributed by atoms with Crippen LogP contribution < -0.4 is 10.6 Å². The molecule has 1 aromatic rings. The van der Waals surface area contributed by atoms with Gasteiger partial charge in [0.05, 0.1) is 0 Å². The Morgan fingerprint density at radius 2 is 2.00 bits per heavy atom. The summed E-state index contributed by atoms with van der Waals surface area (Å²) in [6.07, 6.45) is 11.1. The highest BCUT2D eigenvalue weighted by Crippen LogP contribution is 2.20. The lowest BCUT2D eigenvalue weighted by atomic mass is 10.1. The Morgan fingerprint density at radius 1 is 1.24 bits per heavy atom. The first-order valence-corrected chi connectivity index (χ1v) is 8.16. The van der Waals surface area contributed by atoms with Crippen LogP contribution in [0.1, 0.15) is 68.8 Å². The topological polar surface area (TPSA) is 66.9 Å². The molecule has 2 rings (SSSR count). The van der Waals surface area contributed by atoms with E-state index in [0.29, 0.717) is 18.3 Å². The Labute approximate surface area is 127 Å². The minimum atomic E-state index is -0.116. The molecule has 0 aromatic carbocycles. The summed E-state index contributed by atoms with van der Waals surface area (Å²) in [5.74, 6) is 0.646. The van der Waals surface area contributed by atoms with Crippen LogP contribution in [0.2, 0.25) is 0 Å². The van der Waals surface area contributed by atoms with E-state index in [1.54, 1.807) is 6.07 Å². The molecule has 0 bridgehead atoms. The van der Waals surface area contributed by atoms with Crippen LogP contribution in [0.25, 0.3) is 0 Å². The van der Waals surface area contributed by atoms with Crippen molar-refractivity contribution in [3.05, 3.63) is 18.1 Å². The second-order valence-electron chi connectivity index (χ2n) is 5.73. The van der Waals surface area contributed by atoms with Crippen molar-refractivity contribution in [2.24, 2.45) is 0 Å². The number of aromatic nitrogens is 2. The van der Waals surface area contributed by atoms with Crippen molar-refractivity contribution >= 4 is 11.7 Å². The molecule has 0 aliphatic heterocycles. The molecule has 0 unspecified atom stereocenters. The Morgan fingerprint density at radius 3 is 2.71 bits per heavy atom. The van der Waals surface area contributed by atoms with Crippen LogP contribution in [0, 0.1) is 0 Å². The zero-order valence-electron chi connectivity index (χ0n) is 12.9. The zero-order valence-corrected chi connectivity index (χ0v) is 12.9. The SMILES string of the molecule is CCCCNC(=O)c1cc(NC2CCCCCC2)ncn1. The summed E-state index contributed by atoms with van der Waals surface area (Å²) in [5, 5.41) is 6.34. The van der Waals surface area contributed by atoms with Gasteiger partial charge in [-0.2, -0.15) is 0 Å². The number of hydrogen-bond donors (Lipinski definition) is 2. The average molecular weight is 290 g/mol. The number of nitrogens with zero attached hydrogens (tertiary/aromatic N) is 2. The summed E-state index contributed by atoms with van der Waals surface area (Å²) < 4.78 is 0. The molecule has 1 saturated carbocycles. The Balaban J connectivity index is 1.91. The van der Waals surface area contributed by atoms with Crippen molar-refractivity contribution in [3.8, 4) is 0 Å². The highest BCUT2D eigenvalue weighted by atomic mass is 16.1. The zero-order chi connectivity index (χ0) is 14.9. The molecule has 1 aliphatic carbocycles. The molecule has 0 atom stereocenters. The first-order valence-electron chi connectivity index (χ1n) is 8.16. The molecule has 1 aliphatic rings. The van der Waals surface area contributed by atoms with Gasteiger partial charge in [-0.15, -0.1) is 0 Å². The molecule has 2 N–H and O–H groups in total. The maximum absolute atomic E-state index is 12.0. The Hall–Kier alpha value is -1.65. The molecule has 1 aromatic heterocycles. The first-order chi connectivity index (χ1) is 10.3. The van der Waals surface area contributed by atoms with Gasteiger partial charge in [0.15, 0.2) is 0 Å². The van der Waals surface area contributed by atoms with E-state index in [-0.39, 0.29) is 5.91 Å². The molecule has 1 amide bonds. The summed E-state index contributed by atoms with van der Waals surface area (Å²) in [4.78, 5) is 20.3. The normalized spacial score (nSPS) is 16.2. The smallest absolute Gasteiger partial charge is 0.270 e. The van der Waals surface area contributed by atoms with Crippen LogP contribution in [-0.4, -0.2) is 28.5 Å². The number of anilines is 1. The quantitative estimate of drug-likeness (QED) is 0.624. The lowest BCUT2D eigenvalue weighted by Gasteiger charge is -2.16. The molecular formula is C16H26N4O. The van der Waals surface area contributed by atoms with E-state index >= 15 is 0 Å². The highest BCUT2D eigenvalue weighted by molar-refractivity contribution is 5.92. The van der Waals surface area contributed by atoms with Crippen LogP contribution in [-0.2, 0) is 0 Å². The van der Waals surface area contributed by atoms with Gasteiger partial charge in [0, 0.05) is 18.7 Å². The molecule has 5 heteroatoms. The van der Waals surface area contributed by atoms with Gasteiger partial charge in [-0.3, -0.25) is 4.79 Å². The fraction of sp³-hybridized carbons (Fsp3) is 0.688. The number of unbranched alkanes of at least 4 members (excludes halogenated alkanes) is 1. The summed E-state index contributed by atoms with van der Waals surface area (Å²) in [6, 6.07) is 2.23. The highest BCUT2D eigenvalue weighted by Gasteiger charge is 2.14. The van der Waals surface area contributed by atoms with Crippen molar-refractivity contribution in [2.45, 2.75) is 64.3 Å². The van der Waals surface area contributed by atoms with Crippen molar-refractivity contribution in [1.29, 1.82) is 0 Å². The van der Waals surface area contributed by atoms with E-state index in [9.17, 15) is 4.79 Å². The third-order valence-corrected chi connectivity index (χ3v) is 3.92. The Bertz CT molecular complexity index is 442. The fourth-order valence-electron chi connectivity index (χ4n) is 2.66. The van der Waals surface area contributed by atoms with E-state index in [2.05, 4.69) is 27.5 Å². The van der Waals surface area contributed by atoms with Gasteiger partial charge in [-0.25, -0.2) is 9.97 Å². The van der Waals surface area contributed by atoms with Gasteiger partial charge in [0.1, 0.15) is 17.8 Å². The van der Waals surface area contributed by atoms with Crippen LogP contribution in [0.5, 0.6) is 0 Å². The largest absolute Gasteiger partial charge is 0.367 e. The van der Waals surface area contributed by atoms with Gasteiger partial charge in [-0.05, 0) is 19.3 Å². The second-order valence-corrected chi connectivity index (χ2v) is 5.73. The van der Waals surface area contributed by atoms with Gasteiger partial charge < -0.3 is 10.6 Å². The molecule has 0 spiro atoms. The third kappa shape index (κ3) is 5.33. The molecule has 0 saturated heterocycles. The van der Waals surface area contributed by atoms with Gasteiger partial charge in [0.2, 0.25) is 0 Å². The van der Waals surface area contributed by atoms with E-state index in [1.165, 1.54) is 44.9 Å². The van der Waals surface area contributed by atoms with E-state index in [1.807, 2.05) is 0 Å². The van der Waals surface area contributed by atoms with E-state index in [0.717, 1.165) is 18.7 Å². The third-order valence-electron chi connectivity index (χ3n) is 3.92.